The van der Waals surface area contributed by atoms with Gasteiger partial charge in [0.25, 0.3) is 0 Å². The number of methoxy groups -OCH3 is 1. The van der Waals surface area contributed by atoms with Crippen molar-refractivity contribution in [2.45, 2.75) is 6.92 Å². The van der Waals surface area contributed by atoms with E-state index >= 15 is 0 Å². The minimum atomic E-state index is -0.434. The summed E-state index contributed by atoms with van der Waals surface area (Å²) in [5.74, 6) is -0.434. The fourth-order valence-electron chi connectivity index (χ4n) is 1.41. The number of benzene rings is 1. The van der Waals surface area contributed by atoms with E-state index in [9.17, 15) is 4.79 Å². The maximum Gasteiger partial charge on any atom is 0.357 e. The molecule has 2 aromatic rings. The number of halogens is 1. The van der Waals surface area contributed by atoms with Gasteiger partial charge in [-0.05, 0) is 19.1 Å². The van der Waals surface area contributed by atoms with Crippen LogP contribution in [0, 0.1) is 6.92 Å². The molecule has 4 nitrogen and oxygen atoms in total. The molecule has 1 heterocycles. The standard InChI is InChI=1S/C12H11ClN2O2S/c1-7-10(11(16)17-2)15-12(18-7)14-9-6-4-3-5-8(9)13/h3-6H,1-2H3,(H,14,15). The quantitative estimate of drug-likeness (QED) is 0.873. The van der Waals surface area contributed by atoms with E-state index in [1.54, 1.807) is 6.07 Å². The number of nitrogens with one attached hydrogen (secondary N) is 1. The first-order valence-corrected chi connectivity index (χ1v) is 6.38. The molecule has 6 heteroatoms. The van der Waals surface area contributed by atoms with Crippen molar-refractivity contribution in [3.8, 4) is 0 Å². The molecule has 0 aliphatic rings. The van der Waals surface area contributed by atoms with E-state index in [-0.39, 0.29) is 0 Å². The largest absolute Gasteiger partial charge is 0.464 e. The summed E-state index contributed by atoms with van der Waals surface area (Å²) in [7, 11) is 1.34. The zero-order chi connectivity index (χ0) is 13.1. The molecule has 94 valence electrons. The Morgan fingerprint density at radius 2 is 2.17 bits per heavy atom. The van der Waals surface area contributed by atoms with Crippen LogP contribution in [0.2, 0.25) is 5.02 Å². The number of hydrogen-bond donors (Lipinski definition) is 1. The number of esters is 1. The van der Waals surface area contributed by atoms with E-state index in [0.29, 0.717) is 15.8 Å². The van der Waals surface area contributed by atoms with Crippen molar-refractivity contribution >= 4 is 39.7 Å². The molecular formula is C12H11ClN2O2S. The molecule has 0 aliphatic heterocycles. The molecule has 1 aromatic carbocycles. The summed E-state index contributed by atoms with van der Waals surface area (Å²) in [6.45, 7) is 1.82. The second kappa shape index (κ2) is 5.37. The van der Waals surface area contributed by atoms with Crippen molar-refractivity contribution in [3.63, 3.8) is 0 Å². The Hall–Kier alpha value is -1.59. The zero-order valence-corrected chi connectivity index (χ0v) is 11.4. The predicted octanol–water partition coefficient (Wildman–Crippen LogP) is 3.64. The fourth-order valence-corrected chi connectivity index (χ4v) is 2.41. The Kier molecular flexibility index (Phi) is 3.84. The summed E-state index contributed by atoms with van der Waals surface area (Å²) in [5, 5.41) is 4.29. The minimum absolute atomic E-state index is 0.331. The molecule has 0 aliphatic carbocycles. The van der Waals surface area contributed by atoms with Gasteiger partial charge in [0.05, 0.1) is 17.8 Å². The maximum absolute atomic E-state index is 11.4. The second-order valence-corrected chi connectivity index (χ2v) is 5.13. The van der Waals surface area contributed by atoms with Gasteiger partial charge < -0.3 is 10.1 Å². The summed E-state index contributed by atoms with van der Waals surface area (Å²) in [5.41, 5.74) is 1.08. The number of thiazole rings is 1. The van der Waals surface area contributed by atoms with Crippen LogP contribution in [0.15, 0.2) is 24.3 Å². The minimum Gasteiger partial charge on any atom is -0.464 e. The number of para-hydroxylation sites is 1. The van der Waals surface area contributed by atoms with Crippen LogP contribution in [0.3, 0.4) is 0 Å². The van der Waals surface area contributed by atoms with Crippen LogP contribution in [0.1, 0.15) is 15.4 Å². The molecule has 1 N–H and O–H groups in total. The monoisotopic (exact) mass is 282 g/mol. The summed E-state index contributed by atoms with van der Waals surface area (Å²) in [6.07, 6.45) is 0. The van der Waals surface area contributed by atoms with Crippen LogP contribution >= 0.6 is 22.9 Å². The average Bonchev–Trinajstić information content (AvgIpc) is 2.72. The van der Waals surface area contributed by atoms with Crippen LogP contribution in [0.5, 0.6) is 0 Å². The highest BCUT2D eigenvalue weighted by atomic mass is 35.5. The molecule has 2 rings (SSSR count). The summed E-state index contributed by atoms with van der Waals surface area (Å²) < 4.78 is 4.66. The Balaban J connectivity index is 2.26. The number of ether oxygens (including phenoxy) is 1. The highest BCUT2D eigenvalue weighted by molar-refractivity contribution is 7.15. The van der Waals surface area contributed by atoms with Crippen LogP contribution in [-0.4, -0.2) is 18.1 Å². The molecule has 0 radical (unpaired) electrons. The fraction of sp³-hybridized carbons (Fsp3) is 0.167. The third-order valence-electron chi connectivity index (χ3n) is 2.29. The third kappa shape index (κ3) is 2.63. The van der Waals surface area contributed by atoms with Crippen LogP contribution in [0.25, 0.3) is 0 Å². The first kappa shape index (κ1) is 12.9. The topological polar surface area (TPSA) is 51.2 Å². The van der Waals surface area contributed by atoms with E-state index in [0.717, 1.165) is 10.6 Å². The van der Waals surface area contributed by atoms with E-state index in [1.165, 1.54) is 18.4 Å². The van der Waals surface area contributed by atoms with Gasteiger partial charge in [-0.3, -0.25) is 0 Å². The number of aromatic nitrogens is 1. The number of carbonyl (C=O) groups is 1. The Morgan fingerprint density at radius 1 is 1.44 bits per heavy atom. The first-order valence-electron chi connectivity index (χ1n) is 5.19. The van der Waals surface area contributed by atoms with Gasteiger partial charge in [-0.1, -0.05) is 23.7 Å². The van der Waals surface area contributed by atoms with Gasteiger partial charge in [-0.25, -0.2) is 9.78 Å². The lowest BCUT2D eigenvalue weighted by atomic mass is 10.3. The lowest BCUT2D eigenvalue weighted by Crippen LogP contribution is -2.03. The summed E-state index contributed by atoms with van der Waals surface area (Å²) >= 11 is 7.41. The smallest absolute Gasteiger partial charge is 0.357 e. The molecule has 0 saturated heterocycles. The SMILES string of the molecule is COC(=O)c1nc(Nc2ccccc2Cl)sc1C. The van der Waals surface area contributed by atoms with Gasteiger partial charge in [-0.15, -0.1) is 11.3 Å². The van der Waals surface area contributed by atoms with Gasteiger partial charge in [0.2, 0.25) is 0 Å². The van der Waals surface area contributed by atoms with Crippen molar-refractivity contribution in [1.29, 1.82) is 0 Å². The lowest BCUT2D eigenvalue weighted by Gasteiger charge is -2.03. The molecule has 0 saturated carbocycles. The number of carbonyl (C=O) groups excluding carboxylic acids is 1. The van der Waals surface area contributed by atoms with Gasteiger partial charge in [0, 0.05) is 4.88 Å². The lowest BCUT2D eigenvalue weighted by molar-refractivity contribution is 0.0594. The number of nitrogens with zero attached hydrogens (tertiary/aromatic N) is 1. The van der Waals surface area contributed by atoms with Gasteiger partial charge in [0.1, 0.15) is 0 Å². The van der Waals surface area contributed by atoms with Crippen LogP contribution in [-0.2, 0) is 4.74 Å². The number of anilines is 2. The van der Waals surface area contributed by atoms with Gasteiger partial charge in [0.15, 0.2) is 10.8 Å². The van der Waals surface area contributed by atoms with Gasteiger partial charge in [-0.2, -0.15) is 0 Å². The molecule has 18 heavy (non-hydrogen) atoms. The average molecular weight is 283 g/mol. The summed E-state index contributed by atoms with van der Waals surface area (Å²) in [4.78, 5) is 16.4. The van der Waals surface area contributed by atoms with Crippen LogP contribution < -0.4 is 5.32 Å². The normalized spacial score (nSPS) is 10.2. The Labute approximate surface area is 114 Å². The maximum atomic E-state index is 11.4. The predicted molar refractivity (Wildman–Crippen MR) is 72.9 cm³/mol. The molecule has 1 aromatic heterocycles. The van der Waals surface area contributed by atoms with Crippen molar-refractivity contribution in [2.75, 3.05) is 12.4 Å². The van der Waals surface area contributed by atoms with Crippen molar-refractivity contribution < 1.29 is 9.53 Å². The second-order valence-electron chi connectivity index (χ2n) is 3.52. The molecule has 0 unspecified atom stereocenters. The highest BCUT2D eigenvalue weighted by Gasteiger charge is 2.16. The number of rotatable bonds is 3. The molecule has 0 bridgehead atoms. The van der Waals surface area contributed by atoms with E-state index in [1.807, 2.05) is 25.1 Å². The van der Waals surface area contributed by atoms with E-state index < -0.39 is 5.97 Å². The Bertz CT molecular complexity index is 583. The molecule has 0 amide bonds. The number of hydrogen-bond acceptors (Lipinski definition) is 5. The van der Waals surface area contributed by atoms with Crippen molar-refractivity contribution in [2.24, 2.45) is 0 Å². The highest BCUT2D eigenvalue weighted by Crippen LogP contribution is 2.29. The Morgan fingerprint density at radius 3 is 2.83 bits per heavy atom. The van der Waals surface area contributed by atoms with E-state index in [2.05, 4.69) is 15.0 Å². The van der Waals surface area contributed by atoms with E-state index in [4.69, 9.17) is 11.6 Å². The van der Waals surface area contributed by atoms with Crippen LogP contribution in [0.4, 0.5) is 10.8 Å². The molecule has 0 fully saturated rings. The molecule has 0 spiro atoms. The number of aryl methyl sites for hydroxylation is 1. The molecule has 0 atom stereocenters. The third-order valence-corrected chi connectivity index (χ3v) is 3.51. The summed E-state index contributed by atoms with van der Waals surface area (Å²) in [6, 6.07) is 7.35. The first-order chi connectivity index (χ1) is 8.61. The van der Waals surface area contributed by atoms with Crippen molar-refractivity contribution in [3.05, 3.63) is 39.9 Å². The van der Waals surface area contributed by atoms with Gasteiger partial charge >= 0.3 is 5.97 Å². The van der Waals surface area contributed by atoms with Crippen molar-refractivity contribution in [1.82, 2.24) is 4.98 Å². The zero-order valence-electron chi connectivity index (χ0n) is 9.86. The molecular weight excluding hydrogens is 272 g/mol.